The summed E-state index contributed by atoms with van der Waals surface area (Å²) in [5.74, 6) is -1.37. The van der Waals surface area contributed by atoms with E-state index in [4.69, 9.17) is 13.6 Å². The summed E-state index contributed by atoms with van der Waals surface area (Å²) in [6.07, 6.45) is 3.11. The van der Waals surface area contributed by atoms with Crippen LogP contribution in [-0.2, 0) is 18.4 Å². The lowest BCUT2D eigenvalue weighted by Crippen LogP contribution is -2.48. The van der Waals surface area contributed by atoms with Crippen molar-refractivity contribution < 1.29 is 18.4 Å². The highest BCUT2D eigenvalue weighted by molar-refractivity contribution is 6.66. The molecule has 0 rings (SSSR count). The van der Waals surface area contributed by atoms with Gasteiger partial charge in [0.1, 0.15) is 0 Å². The molecule has 106 valence electrons. The maximum atomic E-state index is 11.4. The molecule has 0 heterocycles. The number of ether oxygens (including phenoxy) is 1. The minimum Gasteiger partial charge on any atom is -0.431 e. The summed E-state index contributed by atoms with van der Waals surface area (Å²) < 4.78 is 17.1. The average Bonchev–Trinajstić information content (AvgIpc) is 2.14. The van der Waals surface area contributed by atoms with E-state index in [2.05, 4.69) is 0 Å². The van der Waals surface area contributed by atoms with Gasteiger partial charge in [0.05, 0.1) is 0 Å². The molecule has 1 atom stereocenters. The van der Waals surface area contributed by atoms with Gasteiger partial charge in [-0.3, -0.25) is 0 Å². The largest absolute Gasteiger partial charge is 0.431 e. The Bertz CT molecular complexity index is 299. The van der Waals surface area contributed by atoms with Gasteiger partial charge >= 0.3 is 14.5 Å². The zero-order valence-corrected chi connectivity index (χ0v) is 13.6. The highest BCUT2D eigenvalue weighted by Gasteiger charge is 2.38. The van der Waals surface area contributed by atoms with Crippen molar-refractivity contribution in [2.24, 2.45) is 0 Å². The summed E-state index contributed by atoms with van der Waals surface area (Å²) in [7, 11) is -2.31. The fourth-order valence-electron chi connectivity index (χ4n) is 1.63. The van der Waals surface area contributed by atoms with Gasteiger partial charge in [-0.1, -0.05) is 13.0 Å². The van der Waals surface area contributed by atoms with Crippen molar-refractivity contribution in [2.75, 3.05) is 0 Å². The second-order valence-electron chi connectivity index (χ2n) is 5.08. The third-order valence-electron chi connectivity index (χ3n) is 2.24. The first-order valence-electron chi connectivity index (χ1n) is 6.38. The van der Waals surface area contributed by atoms with E-state index in [1.165, 1.54) is 6.08 Å². The highest BCUT2D eigenvalue weighted by Crippen LogP contribution is 2.24. The molecule has 0 bridgehead atoms. The molecular formula is C13H26O4Si. The molecule has 5 heteroatoms. The lowest BCUT2D eigenvalue weighted by atomic mass is 10.4. The maximum Gasteiger partial charge on any atom is 0.337 e. The van der Waals surface area contributed by atoms with Crippen molar-refractivity contribution in [3.8, 4) is 0 Å². The van der Waals surface area contributed by atoms with E-state index in [-0.39, 0.29) is 6.10 Å². The second-order valence-corrected chi connectivity index (χ2v) is 8.49. The van der Waals surface area contributed by atoms with Gasteiger partial charge < -0.3 is 13.6 Å². The molecule has 0 aromatic carbocycles. The van der Waals surface area contributed by atoms with Crippen molar-refractivity contribution in [1.82, 2.24) is 0 Å². The molecule has 4 nitrogen and oxygen atoms in total. The molecule has 0 radical (unpaired) electrons. The van der Waals surface area contributed by atoms with Crippen molar-refractivity contribution >= 4 is 14.5 Å². The zero-order valence-electron chi connectivity index (χ0n) is 12.6. The average molecular weight is 274 g/mol. The Labute approximate surface area is 112 Å². The summed E-state index contributed by atoms with van der Waals surface area (Å²) >= 11 is 0. The van der Waals surface area contributed by atoms with Gasteiger partial charge in [0.15, 0.2) is 0 Å². The third kappa shape index (κ3) is 6.93. The van der Waals surface area contributed by atoms with E-state index >= 15 is 0 Å². The van der Waals surface area contributed by atoms with Crippen LogP contribution in [0.25, 0.3) is 0 Å². The van der Waals surface area contributed by atoms with E-state index in [0.717, 1.165) is 6.04 Å². The number of rotatable bonds is 7. The molecule has 0 saturated carbocycles. The first-order chi connectivity index (χ1) is 8.14. The first kappa shape index (κ1) is 17.3. The fraction of sp³-hybridized carbons (Fsp3) is 0.769. The minimum atomic E-state index is -2.31. The molecule has 0 fully saturated rings. The van der Waals surface area contributed by atoms with Crippen LogP contribution < -0.4 is 0 Å². The number of esters is 1. The minimum absolute atomic E-state index is 0.101. The van der Waals surface area contributed by atoms with Crippen LogP contribution in [0.3, 0.4) is 0 Å². The molecule has 18 heavy (non-hydrogen) atoms. The molecular weight excluding hydrogens is 248 g/mol. The third-order valence-corrected chi connectivity index (χ3v) is 5.42. The summed E-state index contributed by atoms with van der Waals surface area (Å²) in [4.78, 5) is 11.4. The van der Waals surface area contributed by atoms with E-state index in [1.54, 1.807) is 26.8 Å². The van der Waals surface area contributed by atoms with E-state index < -0.39 is 20.3 Å². The Hall–Kier alpha value is -0.653. The molecule has 0 spiro atoms. The van der Waals surface area contributed by atoms with Crippen molar-refractivity contribution in [1.29, 1.82) is 0 Å². The Morgan fingerprint density at radius 2 is 1.94 bits per heavy atom. The first-order valence-corrected chi connectivity index (χ1v) is 8.90. The predicted octanol–water partition coefficient (Wildman–Crippen LogP) is 3.38. The number of carbonyl (C=O) groups is 1. The van der Waals surface area contributed by atoms with Crippen molar-refractivity contribution in [3.63, 3.8) is 0 Å². The van der Waals surface area contributed by atoms with Gasteiger partial charge in [-0.15, -0.1) is 0 Å². The topological polar surface area (TPSA) is 44.8 Å². The van der Waals surface area contributed by atoms with Crippen LogP contribution in [-0.4, -0.2) is 26.4 Å². The van der Waals surface area contributed by atoms with Crippen LogP contribution in [0, 0.1) is 0 Å². The van der Waals surface area contributed by atoms with Crippen LogP contribution in [0.2, 0.25) is 12.6 Å². The fourth-order valence-corrected chi connectivity index (χ4v) is 4.07. The number of hydrogen-bond donors (Lipinski definition) is 0. The van der Waals surface area contributed by atoms with Gasteiger partial charge in [0.25, 0.3) is 0 Å². The lowest BCUT2D eigenvalue weighted by molar-refractivity contribution is -0.187. The van der Waals surface area contributed by atoms with Gasteiger partial charge in [-0.05, 0) is 33.4 Å². The SMILES string of the molecule is CC=CC(=O)OC(C)(C)O[Si](C)(CC)OC(C)C. The number of allylic oxidation sites excluding steroid dienone is 1. The van der Waals surface area contributed by atoms with Crippen LogP contribution in [0.4, 0.5) is 0 Å². The van der Waals surface area contributed by atoms with Crippen molar-refractivity contribution in [3.05, 3.63) is 12.2 Å². The maximum absolute atomic E-state index is 11.4. The van der Waals surface area contributed by atoms with Crippen LogP contribution in [0.1, 0.15) is 41.5 Å². The molecule has 0 aromatic rings. The number of hydrogen-bond acceptors (Lipinski definition) is 4. The Morgan fingerprint density at radius 3 is 2.33 bits per heavy atom. The van der Waals surface area contributed by atoms with Gasteiger partial charge in [0.2, 0.25) is 5.79 Å². The lowest BCUT2D eigenvalue weighted by Gasteiger charge is -2.36. The standard InChI is InChI=1S/C13H26O4Si/c1-8-10-12(14)15-13(5,6)17-18(7,9-2)16-11(3)4/h8,10-11H,9H2,1-7H3. The second kappa shape index (κ2) is 7.06. The molecule has 1 unspecified atom stereocenters. The summed E-state index contributed by atoms with van der Waals surface area (Å²) in [6, 6.07) is 0.801. The predicted molar refractivity (Wildman–Crippen MR) is 74.4 cm³/mol. The van der Waals surface area contributed by atoms with Gasteiger partial charge in [-0.2, -0.15) is 0 Å². The number of carbonyl (C=O) groups excluding carboxylic acids is 1. The monoisotopic (exact) mass is 274 g/mol. The van der Waals surface area contributed by atoms with E-state index in [0.29, 0.717) is 0 Å². The van der Waals surface area contributed by atoms with Crippen LogP contribution in [0.15, 0.2) is 12.2 Å². The molecule has 0 aliphatic heterocycles. The highest BCUT2D eigenvalue weighted by atomic mass is 28.4. The zero-order chi connectivity index (χ0) is 14.4. The van der Waals surface area contributed by atoms with Gasteiger partial charge in [-0.25, -0.2) is 4.79 Å². The van der Waals surface area contributed by atoms with E-state index in [9.17, 15) is 4.79 Å². The summed E-state index contributed by atoms with van der Waals surface area (Å²) in [6.45, 7) is 13.2. The molecule has 0 amide bonds. The Morgan fingerprint density at radius 1 is 1.39 bits per heavy atom. The normalized spacial score (nSPS) is 16.0. The van der Waals surface area contributed by atoms with E-state index in [1.807, 2.05) is 27.3 Å². The summed E-state index contributed by atoms with van der Waals surface area (Å²) in [5.41, 5.74) is 0. The van der Waals surface area contributed by atoms with Gasteiger partial charge in [0, 0.05) is 26.0 Å². The molecule has 0 saturated heterocycles. The quantitative estimate of drug-likeness (QED) is 0.309. The summed E-state index contributed by atoms with van der Waals surface area (Å²) in [5, 5.41) is 0. The molecule has 0 aromatic heterocycles. The Kier molecular flexibility index (Phi) is 6.81. The Balaban J connectivity index is 4.65. The van der Waals surface area contributed by atoms with Crippen LogP contribution >= 0.6 is 0 Å². The molecule has 0 aliphatic rings. The molecule has 0 N–H and O–H groups in total. The molecule has 0 aliphatic carbocycles. The van der Waals surface area contributed by atoms with Crippen LogP contribution in [0.5, 0.6) is 0 Å². The smallest absolute Gasteiger partial charge is 0.337 e. The van der Waals surface area contributed by atoms with Crippen molar-refractivity contribution in [2.45, 2.75) is 66.0 Å².